The second-order valence-corrected chi connectivity index (χ2v) is 5.85. The minimum Gasteiger partial charge on any atom is -0.423 e. The average Bonchev–Trinajstić information content (AvgIpc) is 2.65. The maximum atomic E-state index is 12.4. The molecule has 0 saturated carbocycles. The van der Waals surface area contributed by atoms with Crippen LogP contribution >= 0.6 is 0 Å². The molecule has 0 saturated heterocycles. The van der Waals surface area contributed by atoms with Crippen LogP contribution in [-0.2, 0) is 4.74 Å². The summed E-state index contributed by atoms with van der Waals surface area (Å²) in [5, 5.41) is 0. The van der Waals surface area contributed by atoms with Crippen LogP contribution in [0.15, 0.2) is 54.6 Å². The van der Waals surface area contributed by atoms with E-state index in [1.807, 2.05) is 31.2 Å². The number of carbonyl (C=O) groups is 1. The predicted molar refractivity (Wildman–Crippen MR) is 97.3 cm³/mol. The molecular formula is C21H21F3O3. The summed E-state index contributed by atoms with van der Waals surface area (Å²) < 4.78 is 46.6. The zero-order valence-electron chi connectivity index (χ0n) is 15.1. The van der Waals surface area contributed by atoms with Gasteiger partial charge in [0.15, 0.2) is 0 Å². The number of hydrogen-bond donors (Lipinski definition) is 0. The number of carbonyl (C=O) groups excluding carboxylic acids is 1. The summed E-state index contributed by atoms with van der Waals surface area (Å²) in [6.45, 7) is 3.63. The molecule has 0 bridgehead atoms. The normalized spacial score (nSPS) is 12.9. The van der Waals surface area contributed by atoms with Crippen molar-refractivity contribution in [3.63, 3.8) is 0 Å². The van der Waals surface area contributed by atoms with Crippen LogP contribution < -0.4 is 4.74 Å². The van der Waals surface area contributed by atoms with Crippen LogP contribution in [0.4, 0.5) is 13.2 Å². The largest absolute Gasteiger partial charge is 0.523 e. The van der Waals surface area contributed by atoms with Gasteiger partial charge in [-0.2, -0.15) is 0 Å². The van der Waals surface area contributed by atoms with Crippen LogP contribution in [0.1, 0.15) is 54.3 Å². The van der Waals surface area contributed by atoms with Crippen LogP contribution in [0.3, 0.4) is 0 Å². The first kappa shape index (κ1) is 20.7. The number of allylic oxidation sites excluding steroid dienone is 1. The van der Waals surface area contributed by atoms with Gasteiger partial charge in [0.25, 0.3) is 0 Å². The Hall–Kier alpha value is -2.60. The highest BCUT2D eigenvalue weighted by Gasteiger charge is 2.33. The monoisotopic (exact) mass is 378 g/mol. The molecule has 0 spiro atoms. The first-order valence-electron chi connectivity index (χ1n) is 8.65. The highest BCUT2D eigenvalue weighted by molar-refractivity contribution is 5.91. The van der Waals surface area contributed by atoms with Crippen molar-refractivity contribution in [2.45, 2.75) is 39.2 Å². The molecule has 0 aliphatic carbocycles. The van der Waals surface area contributed by atoms with E-state index < -0.39 is 18.4 Å². The van der Waals surface area contributed by atoms with Crippen LogP contribution in [0, 0.1) is 0 Å². The summed E-state index contributed by atoms with van der Waals surface area (Å²) >= 11 is 0. The third-order valence-electron chi connectivity index (χ3n) is 3.80. The van der Waals surface area contributed by atoms with Gasteiger partial charge in [0.1, 0.15) is 5.75 Å². The lowest BCUT2D eigenvalue weighted by Crippen LogP contribution is -2.17. The Bertz CT molecular complexity index is 763. The molecule has 2 rings (SSSR count). The number of esters is 1. The minimum absolute atomic E-state index is 0.164. The van der Waals surface area contributed by atoms with E-state index in [0.717, 1.165) is 12.0 Å². The Morgan fingerprint density at radius 2 is 1.67 bits per heavy atom. The molecule has 0 amide bonds. The number of alkyl halides is 3. The Morgan fingerprint density at radius 1 is 1.04 bits per heavy atom. The van der Waals surface area contributed by atoms with Gasteiger partial charge in [-0.3, -0.25) is 4.74 Å². The summed E-state index contributed by atoms with van der Waals surface area (Å²) in [5.41, 5.74) is 1.73. The summed E-state index contributed by atoms with van der Waals surface area (Å²) in [4.78, 5) is 12.2. The van der Waals surface area contributed by atoms with E-state index in [9.17, 15) is 18.0 Å². The SMILES string of the molecule is CC/C=C/c1ccc(C(=O)Oc2ccc(C(CC)OC(F)(F)F)cc2)cc1. The number of halogens is 3. The molecule has 3 nitrogen and oxygen atoms in total. The highest BCUT2D eigenvalue weighted by atomic mass is 19.4. The smallest absolute Gasteiger partial charge is 0.423 e. The van der Waals surface area contributed by atoms with Crippen molar-refractivity contribution < 1.29 is 27.4 Å². The highest BCUT2D eigenvalue weighted by Crippen LogP contribution is 2.31. The van der Waals surface area contributed by atoms with Gasteiger partial charge in [-0.15, -0.1) is 13.2 Å². The lowest BCUT2D eigenvalue weighted by Gasteiger charge is -2.18. The van der Waals surface area contributed by atoms with Gasteiger partial charge >= 0.3 is 12.3 Å². The maximum Gasteiger partial charge on any atom is 0.523 e. The van der Waals surface area contributed by atoms with Crippen molar-refractivity contribution in [2.24, 2.45) is 0 Å². The molecule has 1 atom stereocenters. The lowest BCUT2D eigenvalue weighted by molar-refractivity contribution is -0.345. The van der Waals surface area contributed by atoms with Crippen molar-refractivity contribution in [1.29, 1.82) is 0 Å². The molecule has 0 fully saturated rings. The fourth-order valence-corrected chi connectivity index (χ4v) is 2.45. The molecule has 2 aromatic carbocycles. The maximum absolute atomic E-state index is 12.4. The Balaban J connectivity index is 2.03. The Labute approximate surface area is 156 Å². The van der Waals surface area contributed by atoms with E-state index in [0.29, 0.717) is 11.1 Å². The van der Waals surface area contributed by atoms with E-state index in [1.165, 1.54) is 24.3 Å². The van der Waals surface area contributed by atoms with Gasteiger partial charge in [-0.1, -0.05) is 50.3 Å². The first-order chi connectivity index (χ1) is 12.8. The Morgan fingerprint density at radius 3 is 2.19 bits per heavy atom. The molecule has 1 unspecified atom stereocenters. The number of hydrogen-bond acceptors (Lipinski definition) is 3. The molecule has 27 heavy (non-hydrogen) atoms. The summed E-state index contributed by atoms with van der Waals surface area (Å²) in [6.07, 6.45) is -0.741. The molecule has 144 valence electrons. The second-order valence-electron chi connectivity index (χ2n) is 5.85. The van der Waals surface area contributed by atoms with Crippen LogP contribution in [-0.4, -0.2) is 12.3 Å². The van der Waals surface area contributed by atoms with Gasteiger partial charge in [0, 0.05) is 0 Å². The fraction of sp³-hybridized carbons (Fsp3) is 0.286. The molecule has 0 aliphatic rings. The Kier molecular flexibility index (Phi) is 7.19. The molecule has 0 N–H and O–H groups in total. The van der Waals surface area contributed by atoms with Gasteiger partial charge in [0.2, 0.25) is 0 Å². The second kappa shape index (κ2) is 9.37. The zero-order chi connectivity index (χ0) is 19.9. The van der Waals surface area contributed by atoms with Crippen LogP contribution in [0.25, 0.3) is 6.08 Å². The number of benzene rings is 2. The number of ether oxygens (including phenoxy) is 2. The number of rotatable bonds is 7. The molecule has 0 heterocycles. The first-order valence-corrected chi connectivity index (χ1v) is 8.65. The van der Waals surface area contributed by atoms with Crippen molar-refractivity contribution in [3.8, 4) is 5.75 Å². The van der Waals surface area contributed by atoms with Crippen molar-refractivity contribution in [3.05, 3.63) is 71.3 Å². The standard InChI is InChI=1S/C21H21F3O3/c1-3-5-6-15-7-9-17(10-8-15)20(25)26-18-13-11-16(12-14-18)19(4-2)27-21(22,23)24/h5-14,19H,3-4H2,1-2H3/b6-5+. The molecular weight excluding hydrogens is 357 g/mol. The van der Waals surface area contributed by atoms with Gasteiger partial charge in [-0.05, 0) is 48.2 Å². The van der Waals surface area contributed by atoms with Gasteiger partial charge < -0.3 is 4.74 Å². The van der Waals surface area contributed by atoms with E-state index in [1.54, 1.807) is 19.1 Å². The quantitative estimate of drug-likeness (QED) is 0.418. The molecule has 0 radical (unpaired) electrons. The summed E-state index contributed by atoms with van der Waals surface area (Å²) in [5.74, 6) is -0.284. The van der Waals surface area contributed by atoms with E-state index >= 15 is 0 Å². The third-order valence-corrected chi connectivity index (χ3v) is 3.80. The summed E-state index contributed by atoms with van der Waals surface area (Å²) in [7, 11) is 0. The average molecular weight is 378 g/mol. The van der Waals surface area contributed by atoms with Crippen molar-refractivity contribution in [2.75, 3.05) is 0 Å². The molecule has 6 heteroatoms. The van der Waals surface area contributed by atoms with Crippen LogP contribution in [0.5, 0.6) is 5.75 Å². The van der Waals surface area contributed by atoms with E-state index in [-0.39, 0.29) is 12.2 Å². The minimum atomic E-state index is -4.70. The van der Waals surface area contributed by atoms with Crippen LogP contribution in [0.2, 0.25) is 0 Å². The van der Waals surface area contributed by atoms with Gasteiger partial charge in [-0.25, -0.2) is 4.79 Å². The molecule has 0 aliphatic heterocycles. The topological polar surface area (TPSA) is 35.5 Å². The van der Waals surface area contributed by atoms with Crippen molar-refractivity contribution >= 4 is 12.0 Å². The molecule has 2 aromatic rings. The summed E-state index contributed by atoms with van der Waals surface area (Å²) in [6, 6.07) is 12.8. The molecule has 0 aromatic heterocycles. The van der Waals surface area contributed by atoms with E-state index in [4.69, 9.17) is 4.74 Å². The van der Waals surface area contributed by atoms with Crippen molar-refractivity contribution in [1.82, 2.24) is 0 Å². The van der Waals surface area contributed by atoms with E-state index in [2.05, 4.69) is 4.74 Å². The van der Waals surface area contributed by atoms with Gasteiger partial charge in [0.05, 0.1) is 11.7 Å². The fourth-order valence-electron chi connectivity index (χ4n) is 2.45. The lowest BCUT2D eigenvalue weighted by atomic mass is 10.1. The zero-order valence-corrected chi connectivity index (χ0v) is 15.1. The third kappa shape index (κ3) is 6.57. The predicted octanol–water partition coefficient (Wildman–Crippen LogP) is 6.32.